The van der Waals surface area contributed by atoms with Gasteiger partial charge < -0.3 is 24.4 Å². The Morgan fingerprint density at radius 1 is 1.21 bits per heavy atom. The SMILES string of the molecule is CCC(C)C(NC(=O)OC1=CCc2c1cccc2-c1noc(-c2ccc(OC(C)C)c(C#N)c2)n1)C(=O)O. The number of carbonyl (C=O) groups excluding carboxylic acids is 1. The molecule has 196 valence electrons. The fourth-order valence-electron chi connectivity index (χ4n) is 4.15. The molecule has 0 bridgehead atoms. The highest BCUT2D eigenvalue weighted by Gasteiger charge is 2.28. The highest BCUT2D eigenvalue weighted by atomic mass is 16.6. The Bertz CT molecular complexity index is 1440. The molecular formula is C28H28N4O6. The summed E-state index contributed by atoms with van der Waals surface area (Å²) < 4.78 is 16.7. The van der Waals surface area contributed by atoms with Gasteiger partial charge in [0.2, 0.25) is 5.82 Å². The van der Waals surface area contributed by atoms with E-state index in [1.807, 2.05) is 32.9 Å². The van der Waals surface area contributed by atoms with Crippen LogP contribution in [0.3, 0.4) is 0 Å². The number of rotatable bonds is 9. The number of aliphatic carboxylic acids is 1. The van der Waals surface area contributed by atoms with Gasteiger partial charge in [-0.05, 0) is 56.0 Å². The summed E-state index contributed by atoms with van der Waals surface area (Å²) in [5, 5.41) is 25.5. The Morgan fingerprint density at radius 2 is 1.97 bits per heavy atom. The van der Waals surface area contributed by atoms with Crippen LogP contribution in [0.2, 0.25) is 0 Å². The number of aromatic nitrogens is 2. The number of benzene rings is 2. The summed E-state index contributed by atoms with van der Waals surface area (Å²) in [5.41, 5.74) is 3.17. The Morgan fingerprint density at radius 3 is 2.66 bits per heavy atom. The Kier molecular flexibility index (Phi) is 7.76. The second-order valence-corrected chi connectivity index (χ2v) is 9.25. The molecule has 10 heteroatoms. The lowest BCUT2D eigenvalue weighted by atomic mass is 10.00. The summed E-state index contributed by atoms with van der Waals surface area (Å²) >= 11 is 0. The minimum Gasteiger partial charge on any atom is -0.490 e. The molecule has 0 spiro atoms. The molecule has 2 atom stereocenters. The quantitative estimate of drug-likeness (QED) is 0.392. The van der Waals surface area contributed by atoms with E-state index in [4.69, 9.17) is 14.0 Å². The van der Waals surface area contributed by atoms with Crippen molar-refractivity contribution in [3.8, 4) is 34.7 Å². The number of nitrogens with zero attached hydrogens (tertiary/aromatic N) is 3. The van der Waals surface area contributed by atoms with E-state index in [2.05, 4.69) is 21.5 Å². The molecule has 4 rings (SSSR count). The first-order valence-corrected chi connectivity index (χ1v) is 12.3. The van der Waals surface area contributed by atoms with Crippen molar-refractivity contribution in [3.63, 3.8) is 0 Å². The lowest BCUT2D eigenvalue weighted by Gasteiger charge is -2.20. The number of allylic oxidation sites excluding steroid dienone is 1. The van der Waals surface area contributed by atoms with E-state index in [0.29, 0.717) is 52.4 Å². The average Bonchev–Trinajstić information content (AvgIpc) is 3.54. The molecule has 38 heavy (non-hydrogen) atoms. The first-order valence-electron chi connectivity index (χ1n) is 12.3. The first kappa shape index (κ1) is 26.4. The second-order valence-electron chi connectivity index (χ2n) is 9.25. The van der Waals surface area contributed by atoms with Crippen LogP contribution in [0.25, 0.3) is 28.6 Å². The van der Waals surface area contributed by atoms with Crippen LogP contribution < -0.4 is 10.1 Å². The predicted octanol–water partition coefficient (Wildman–Crippen LogP) is 5.18. The maximum Gasteiger partial charge on any atom is 0.413 e. The van der Waals surface area contributed by atoms with Crippen LogP contribution in [0.5, 0.6) is 5.75 Å². The molecule has 2 unspecified atom stereocenters. The Labute approximate surface area is 219 Å². The van der Waals surface area contributed by atoms with Crippen LogP contribution in [0.4, 0.5) is 4.79 Å². The normalized spacial score (nSPS) is 13.7. The zero-order valence-corrected chi connectivity index (χ0v) is 21.5. The highest BCUT2D eigenvalue weighted by molar-refractivity contribution is 5.85. The maximum atomic E-state index is 12.5. The molecule has 1 aromatic heterocycles. The fourth-order valence-corrected chi connectivity index (χ4v) is 4.15. The van der Waals surface area contributed by atoms with E-state index >= 15 is 0 Å². The molecule has 0 radical (unpaired) electrons. The van der Waals surface area contributed by atoms with Gasteiger partial charge in [-0.3, -0.25) is 0 Å². The number of nitriles is 1. The summed E-state index contributed by atoms with van der Waals surface area (Å²) in [4.78, 5) is 28.6. The topological polar surface area (TPSA) is 148 Å². The largest absolute Gasteiger partial charge is 0.490 e. The van der Waals surface area contributed by atoms with Crippen molar-refractivity contribution in [1.29, 1.82) is 5.26 Å². The van der Waals surface area contributed by atoms with Crippen molar-refractivity contribution in [3.05, 3.63) is 59.2 Å². The van der Waals surface area contributed by atoms with Crippen molar-refractivity contribution < 1.29 is 28.7 Å². The summed E-state index contributed by atoms with van der Waals surface area (Å²) in [5.74, 6) is 0.0314. The number of hydrogen-bond donors (Lipinski definition) is 2. The van der Waals surface area contributed by atoms with Gasteiger partial charge in [-0.15, -0.1) is 0 Å². The van der Waals surface area contributed by atoms with E-state index in [0.717, 1.165) is 5.56 Å². The summed E-state index contributed by atoms with van der Waals surface area (Å²) in [6.07, 6.45) is 1.90. The Hall–Kier alpha value is -4.65. The highest BCUT2D eigenvalue weighted by Crippen LogP contribution is 2.36. The summed E-state index contributed by atoms with van der Waals surface area (Å²) in [7, 11) is 0. The lowest BCUT2D eigenvalue weighted by molar-refractivity contribution is -0.140. The van der Waals surface area contributed by atoms with Crippen molar-refractivity contribution >= 4 is 17.8 Å². The van der Waals surface area contributed by atoms with Gasteiger partial charge >= 0.3 is 12.1 Å². The first-order chi connectivity index (χ1) is 18.2. The molecule has 1 heterocycles. The van der Waals surface area contributed by atoms with E-state index in [1.165, 1.54) is 0 Å². The molecule has 0 fully saturated rings. The number of carboxylic acids is 1. The standard InChI is InChI=1S/C28H28N4O6/c1-5-16(4)24(27(33)34)30-28(35)37-23-12-10-19-20(23)7-6-8-21(19)25-31-26(38-32-25)17-9-11-22(36-15(2)3)18(13-17)14-29/h6-9,11-13,15-16,24H,5,10H2,1-4H3,(H,30,35)(H,33,34). The molecule has 1 aliphatic rings. The van der Waals surface area contributed by atoms with Crippen molar-refractivity contribution in [2.24, 2.45) is 5.92 Å². The molecule has 1 aliphatic carbocycles. The van der Waals surface area contributed by atoms with Crippen molar-refractivity contribution in [2.45, 2.75) is 52.7 Å². The number of carbonyl (C=O) groups is 2. The third-order valence-corrected chi connectivity index (χ3v) is 6.26. The molecular weight excluding hydrogens is 488 g/mol. The van der Waals surface area contributed by atoms with Gasteiger partial charge in [-0.1, -0.05) is 43.6 Å². The molecule has 0 saturated carbocycles. The van der Waals surface area contributed by atoms with Gasteiger partial charge in [0.05, 0.1) is 11.7 Å². The monoisotopic (exact) mass is 516 g/mol. The molecule has 2 N–H and O–H groups in total. The van der Waals surface area contributed by atoms with Gasteiger partial charge in [0, 0.05) is 16.7 Å². The van der Waals surface area contributed by atoms with Crippen LogP contribution in [-0.2, 0) is 16.0 Å². The van der Waals surface area contributed by atoms with Crippen molar-refractivity contribution in [1.82, 2.24) is 15.5 Å². The van der Waals surface area contributed by atoms with Crippen LogP contribution >= 0.6 is 0 Å². The van der Waals surface area contributed by atoms with Crippen molar-refractivity contribution in [2.75, 3.05) is 0 Å². The smallest absolute Gasteiger partial charge is 0.413 e. The van der Waals surface area contributed by atoms with Gasteiger partial charge in [0.1, 0.15) is 23.6 Å². The minimum absolute atomic E-state index is 0.0739. The lowest BCUT2D eigenvalue weighted by Crippen LogP contribution is -2.45. The van der Waals surface area contributed by atoms with E-state index in [-0.39, 0.29) is 17.9 Å². The average molecular weight is 517 g/mol. The minimum atomic E-state index is -1.11. The molecule has 2 aromatic carbocycles. The Balaban J connectivity index is 1.54. The van der Waals surface area contributed by atoms with Gasteiger partial charge in [-0.2, -0.15) is 10.2 Å². The fraction of sp³-hybridized carbons (Fsp3) is 0.321. The molecule has 3 aromatic rings. The second kappa shape index (κ2) is 11.2. The maximum absolute atomic E-state index is 12.5. The zero-order chi connectivity index (χ0) is 27.4. The number of alkyl carbamates (subject to hydrolysis) is 1. The number of carboxylic acid groups (broad SMARTS) is 1. The van der Waals surface area contributed by atoms with Gasteiger partial charge in [0.15, 0.2) is 0 Å². The molecule has 0 aliphatic heterocycles. The van der Waals surface area contributed by atoms with Crippen LogP contribution in [-0.4, -0.2) is 39.5 Å². The number of ether oxygens (including phenoxy) is 2. The van der Waals surface area contributed by atoms with E-state index in [9.17, 15) is 20.0 Å². The third-order valence-electron chi connectivity index (χ3n) is 6.26. The van der Waals surface area contributed by atoms with E-state index in [1.54, 1.807) is 37.3 Å². The molecule has 1 amide bonds. The number of amides is 1. The van der Waals surface area contributed by atoms with Gasteiger partial charge in [-0.25, -0.2) is 9.59 Å². The predicted molar refractivity (Wildman–Crippen MR) is 138 cm³/mol. The summed E-state index contributed by atoms with van der Waals surface area (Å²) in [6.45, 7) is 7.38. The number of nitrogens with one attached hydrogen (secondary N) is 1. The van der Waals surface area contributed by atoms with Gasteiger partial charge in [0.25, 0.3) is 5.89 Å². The molecule has 0 saturated heterocycles. The summed E-state index contributed by atoms with van der Waals surface area (Å²) in [6, 6.07) is 11.6. The van der Waals surface area contributed by atoms with E-state index < -0.39 is 18.1 Å². The number of fused-ring (bicyclic) bond motifs is 1. The third kappa shape index (κ3) is 5.52. The van der Waals surface area contributed by atoms with Crippen LogP contribution in [0.1, 0.15) is 50.8 Å². The van der Waals surface area contributed by atoms with Crippen LogP contribution in [0, 0.1) is 17.2 Å². The zero-order valence-electron chi connectivity index (χ0n) is 21.5. The van der Waals surface area contributed by atoms with Crippen LogP contribution in [0.15, 0.2) is 47.0 Å². The molecule has 10 nitrogen and oxygen atoms in total. The number of hydrogen-bond acceptors (Lipinski definition) is 8.